The first-order valence-corrected chi connectivity index (χ1v) is 8.31. The minimum absolute atomic E-state index is 0.0946. The van der Waals surface area contributed by atoms with Gasteiger partial charge in [-0.15, -0.1) is 0 Å². The van der Waals surface area contributed by atoms with Gasteiger partial charge in [-0.25, -0.2) is 17.9 Å². The van der Waals surface area contributed by atoms with E-state index in [4.69, 9.17) is 9.84 Å². The largest absolute Gasteiger partial charge is 0.480 e. The minimum Gasteiger partial charge on any atom is -0.480 e. The van der Waals surface area contributed by atoms with Gasteiger partial charge in [-0.1, -0.05) is 13.8 Å². The van der Waals surface area contributed by atoms with Crippen molar-refractivity contribution in [3.05, 3.63) is 0 Å². The van der Waals surface area contributed by atoms with Gasteiger partial charge in [-0.3, -0.25) is 4.79 Å². The van der Waals surface area contributed by atoms with Gasteiger partial charge in [0, 0.05) is 13.7 Å². The number of methoxy groups -OCH3 is 1. The summed E-state index contributed by atoms with van der Waals surface area (Å²) in [4.78, 5) is 22.6. The van der Waals surface area contributed by atoms with E-state index in [1.807, 2.05) is 13.8 Å². The van der Waals surface area contributed by atoms with Gasteiger partial charge in [0.1, 0.15) is 6.04 Å². The second-order valence-electron chi connectivity index (χ2n) is 5.07. The van der Waals surface area contributed by atoms with E-state index in [1.165, 1.54) is 7.11 Å². The molecule has 0 aliphatic heterocycles. The smallest absolute Gasteiger partial charge is 0.326 e. The Bertz CT molecular complexity index is 435. The Balaban J connectivity index is 4.26. The minimum atomic E-state index is -3.57. The van der Waals surface area contributed by atoms with Crippen molar-refractivity contribution in [3.8, 4) is 0 Å². The van der Waals surface area contributed by atoms with Gasteiger partial charge in [-0.05, 0) is 18.8 Å². The molecule has 0 spiro atoms. The van der Waals surface area contributed by atoms with Gasteiger partial charge in [0.2, 0.25) is 15.9 Å². The zero-order valence-electron chi connectivity index (χ0n) is 12.6. The Morgan fingerprint density at radius 3 is 2.38 bits per heavy atom. The fraction of sp³-hybridized carbons (Fsp3) is 0.833. The summed E-state index contributed by atoms with van der Waals surface area (Å²) >= 11 is 0. The third-order valence-corrected chi connectivity index (χ3v) is 3.96. The van der Waals surface area contributed by atoms with Gasteiger partial charge < -0.3 is 15.2 Å². The predicted octanol–water partition coefficient (Wildman–Crippen LogP) is -0.442. The average molecular weight is 324 g/mol. The second kappa shape index (κ2) is 9.69. The van der Waals surface area contributed by atoms with Crippen LogP contribution in [0.25, 0.3) is 0 Å². The first kappa shape index (κ1) is 19.8. The van der Waals surface area contributed by atoms with Crippen molar-refractivity contribution in [1.82, 2.24) is 10.0 Å². The predicted molar refractivity (Wildman–Crippen MR) is 77.3 cm³/mol. The molecule has 0 radical (unpaired) electrons. The molecule has 0 fully saturated rings. The summed E-state index contributed by atoms with van der Waals surface area (Å²) in [5.74, 6) is -1.86. The number of hydrogen-bond acceptors (Lipinski definition) is 5. The van der Waals surface area contributed by atoms with Crippen LogP contribution in [0.1, 0.15) is 26.7 Å². The van der Waals surface area contributed by atoms with Crippen LogP contribution in [0.2, 0.25) is 0 Å². The lowest BCUT2D eigenvalue weighted by atomic mass is 10.0. The van der Waals surface area contributed by atoms with Crippen LogP contribution in [0.5, 0.6) is 0 Å². The first-order valence-electron chi connectivity index (χ1n) is 6.66. The number of nitrogens with one attached hydrogen (secondary N) is 2. The molecule has 0 bridgehead atoms. The molecule has 1 unspecified atom stereocenters. The summed E-state index contributed by atoms with van der Waals surface area (Å²) in [7, 11) is -2.10. The Labute approximate surface area is 125 Å². The van der Waals surface area contributed by atoms with E-state index >= 15 is 0 Å². The van der Waals surface area contributed by atoms with E-state index in [-0.39, 0.29) is 18.1 Å². The molecule has 124 valence electrons. The molecule has 0 aliphatic carbocycles. The van der Waals surface area contributed by atoms with Gasteiger partial charge in [0.05, 0.1) is 12.3 Å². The summed E-state index contributed by atoms with van der Waals surface area (Å²) < 4.78 is 30.0. The van der Waals surface area contributed by atoms with Gasteiger partial charge in [0.25, 0.3) is 0 Å². The topological polar surface area (TPSA) is 122 Å². The van der Waals surface area contributed by atoms with Crippen LogP contribution in [-0.2, 0) is 24.3 Å². The normalized spacial score (nSPS) is 13.1. The standard InChI is InChI=1S/C12H24N2O6S/c1-9(2)7-10(12(16)17)14-11(15)8-13-21(18,19)6-4-5-20-3/h9-10,13H,4-8H2,1-3H3,(H,14,15)(H,16,17). The molecule has 1 amide bonds. The van der Waals surface area contributed by atoms with Crippen molar-refractivity contribution in [3.63, 3.8) is 0 Å². The van der Waals surface area contributed by atoms with E-state index < -0.39 is 34.5 Å². The first-order chi connectivity index (χ1) is 9.68. The summed E-state index contributed by atoms with van der Waals surface area (Å²) in [5, 5.41) is 11.3. The fourth-order valence-corrected chi connectivity index (χ4v) is 2.57. The highest BCUT2D eigenvalue weighted by Gasteiger charge is 2.21. The van der Waals surface area contributed by atoms with Crippen molar-refractivity contribution in [1.29, 1.82) is 0 Å². The molecular weight excluding hydrogens is 300 g/mol. The molecule has 0 aliphatic rings. The number of carboxylic acids is 1. The van der Waals surface area contributed by atoms with Crippen molar-refractivity contribution < 1.29 is 27.9 Å². The maximum atomic E-state index is 11.6. The average Bonchev–Trinajstić information content (AvgIpc) is 2.35. The van der Waals surface area contributed by atoms with Gasteiger partial charge >= 0.3 is 5.97 Å². The highest BCUT2D eigenvalue weighted by Crippen LogP contribution is 2.04. The maximum Gasteiger partial charge on any atom is 0.326 e. The fourth-order valence-electron chi connectivity index (χ4n) is 1.58. The number of carbonyl (C=O) groups excluding carboxylic acids is 1. The number of carbonyl (C=O) groups is 2. The molecule has 0 saturated heterocycles. The van der Waals surface area contributed by atoms with E-state index in [0.717, 1.165) is 0 Å². The van der Waals surface area contributed by atoms with Crippen molar-refractivity contribution in [2.24, 2.45) is 5.92 Å². The van der Waals surface area contributed by atoms with Crippen LogP contribution in [0.15, 0.2) is 0 Å². The van der Waals surface area contributed by atoms with Crippen molar-refractivity contribution in [2.45, 2.75) is 32.7 Å². The zero-order valence-corrected chi connectivity index (χ0v) is 13.4. The number of amides is 1. The summed E-state index contributed by atoms with van der Waals surface area (Å²) in [6, 6.07) is -1.02. The monoisotopic (exact) mass is 324 g/mol. The summed E-state index contributed by atoms with van der Waals surface area (Å²) in [6.45, 7) is 3.50. The van der Waals surface area contributed by atoms with Crippen molar-refractivity contribution in [2.75, 3.05) is 26.0 Å². The number of sulfonamides is 1. The third kappa shape index (κ3) is 10.2. The molecular formula is C12H24N2O6S. The van der Waals surface area contributed by atoms with Gasteiger partial charge in [0.15, 0.2) is 0 Å². The highest BCUT2D eigenvalue weighted by atomic mass is 32.2. The van der Waals surface area contributed by atoms with Gasteiger partial charge in [-0.2, -0.15) is 0 Å². The second-order valence-corrected chi connectivity index (χ2v) is 7.00. The number of rotatable bonds is 11. The quantitative estimate of drug-likeness (QED) is 0.443. The molecule has 0 heterocycles. The molecule has 3 N–H and O–H groups in total. The Hall–Kier alpha value is -1.19. The highest BCUT2D eigenvalue weighted by molar-refractivity contribution is 7.89. The maximum absolute atomic E-state index is 11.6. The van der Waals surface area contributed by atoms with E-state index in [1.54, 1.807) is 0 Å². The van der Waals surface area contributed by atoms with Crippen LogP contribution in [0.4, 0.5) is 0 Å². The molecule has 8 nitrogen and oxygen atoms in total. The molecule has 9 heteroatoms. The molecule has 0 aromatic rings. The van der Waals surface area contributed by atoms with Crippen molar-refractivity contribution >= 4 is 21.9 Å². The summed E-state index contributed by atoms with van der Waals surface area (Å²) in [6.07, 6.45) is 0.597. The van der Waals surface area contributed by atoms with E-state index in [2.05, 4.69) is 10.0 Å². The summed E-state index contributed by atoms with van der Waals surface area (Å²) in [5.41, 5.74) is 0. The Morgan fingerprint density at radius 2 is 1.90 bits per heavy atom. The number of ether oxygens (including phenoxy) is 1. The molecule has 0 aromatic carbocycles. The number of hydrogen-bond donors (Lipinski definition) is 3. The van der Waals surface area contributed by atoms with Crippen LogP contribution >= 0.6 is 0 Å². The molecule has 21 heavy (non-hydrogen) atoms. The lowest BCUT2D eigenvalue weighted by Crippen LogP contribution is -2.46. The third-order valence-electron chi connectivity index (χ3n) is 2.55. The Morgan fingerprint density at radius 1 is 1.29 bits per heavy atom. The molecule has 0 rings (SSSR count). The lowest BCUT2D eigenvalue weighted by molar-refractivity contribution is -0.142. The van der Waals surface area contributed by atoms with Crippen LogP contribution in [0.3, 0.4) is 0 Å². The van der Waals surface area contributed by atoms with Crippen LogP contribution in [-0.4, -0.2) is 57.5 Å². The van der Waals surface area contributed by atoms with Crippen LogP contribution < -0.4 is 10.0 Å². The number of aliphatic carboxylic acids is 1. The van der Waals surface area contributed by atoms with E-state index in [0.29, 0.717) is 13.0 Å². The van der Waals surface area contributed by atoms with Crippen LogP contribution in [0, 0.1) is 5.92 Å². The SMILES string of the molecule is COCCCS(=O)(=O)NCC(=O)NC(CC(C)C)C(=O)O. The van der Waals surface area contributed by atoms with E-state index in [9.17, 15) is 18.0 Å². The molecule has 1 atom stereocenters. The molecule has 0 aromatic heterocycles. The number of carboxylic acid groups (broad SMARTS) is 1. The Kier molecular flexibility index (Phi) is 9.14. The zero-order chi connectivity index (χ0) is 16.5. The molecule has 0 saturated carbocycles. The lowest BCUT2D eigenvalue weighted by Gasteiger charge is -2.16.